The number of benzene rings is 2. The fourth-order valence-corrected chi connectivity index (χ4v) is 3.40. The van der Waals surface area contributed by atoms with E-state index in [0.29, 0.717) is 43.3 Å². The number of ether oxygens (including phenoxy) is 1. The summed E-state index contributed by atoms with van der Waals surface area (Å²) < 4.78 is 6.60. The number of hydrogen-bond donors (Lipinski definition) is 1. The Morgan fingerprint density at radius 1 is 1.25 bits per heavy atom. The lowest BCUT2D eigenvalue weighted by Gasteiger charge is -2.06. The van der Waals surface area contributed by atoms with Gasteiger partial charge >= 0.3 is 0 Å². The van der Waals surface area contributed by atoms with E-state index in [1.807, 2.05) is 5.40 Å². The molecule has 3 rings (SSSR count). The lowest BCUT2D eigenvalue weighted by Crippen LogP contribution is -2.17. The average molecular weight is 433 g/mol. The Balaban J connectivity index is 1.95. The third kappa shape index (κ3) is 4.09. The Bertz CT molecular complexity index is 1160. The van der Waals surface area contributed by atoms with Crippen LogP contribution in [0, 0.1) is 17.6 Å². The van der Waals surface area contributed by atoms with Gasteiger partial charge in [0.05, 0.1) is 34.1 Å². The van der Waals surface area contributed by atoms with E-state index < -0.39 is 0 Å². The summed E-state index contributed by atoms with van der Waals surface area (Å²) in [6, 6.07) is 10.1. The van der Waals surface area contributed by atoms with E-state index in [4.69, 9.17) is 33.2 Å². The standard InChI is InChI=1S/C19H14Cl2N4O2S/c1-11-14(9-23-12-3-6-18(28-10-22)16(21)7-12)19(26)25(24-11)13-4-5-15(20)17(8-13)27-2/h3-9,24H,1-2H3. The van der Waals surface area contributed by atoms with E-state index in [0.717, 1.165) is 11.8 Å². The molecule has 28 heavy (non-hydrogen) atoms. The van der Waals surface area contributed by atoms with Crippen LogP contribution in [0.1, 0.15) is 11.3 Å². The van der Waals surface area contributed by atoms with Crippen molar-refractivity contribution < 1.29 is 4.74 Å². The first-order valence-electron chi connectivity index (χ1n) is 7.99. The molecule has 0 aliphatic carbocycles. The van der Waals surface area contributed by atoms with Crippen LogP contribution >= 0.6 is 35.0 Å². The second-order valence-electron chi connectivity index (χ2n) is 5.68. The second kappa shape index (κ2) is 8.57. The lowest BCUT2D eigenvalue weighted by atomic mass is 10.2. The number of aliphatic imine (C=N–C) groups is 1. The van der Waals surface area contributed by atoms with E-state index in [1.165, 1.54) is 18.0 Å². The number of rotatable bonds is 5. The van der Waals surface area contributed by atoms with Gasteiger partial charge in [-0.25, -0.2) is 4.68 Å². The molecule has 0 fully saturated rings. The summed E-state index contributed by atoms with van der Waals surface area (Å²) in [5.41, 5.74) is 1.99. The van der Waals surface area contributed by atoms with Crippen molar-refractivity contribution in [3.8, 4) is 16.8 Å². The van der Waals surface area contributed by atoms with Crippen LogP contribution in [0.25, 0.3) is 5.69 Å². The Morgan fingerprint density at radius 2 is 2.04 bits per heavy atom. The number of aromatic nitrogens is 2. The number of hydrogen-bond acceptors (Lipinski definition) is 5. The highest BCUT2D eigenvalue weighted by Crippen LogP contribution is 2.30. The van der Waals surface area contributed by atoms with Gasteiger partial charge in [0.15, 0.2) is 0 Å². The SMILES string of the molecule is COc1cc(-n2[nH]c(C)c(C=Nc3ccc(SC#N)c(Cl)c3)c2=O)ccc1Cl. The van der Waals surface area contributed by atoms with Gasteiger partial charge in [0, 0.05) is 22.9 Å². The molecule has 3 aromatic rings. The van der Waals surface area contributed by atoms with Crippen molar-refractivity contribution in [3.05, 3.63) is 68.1 Å². The molecule has 0 aliphatic rings. The van der Waals surface area contributed by atoms with Gasteiger partial charge in [-0.3, -0.25) is 14.9 Å². The smallest absolute Gasteiger partial charge is 0.280 e. The van der Waals surface area contributed by atoms with Gasteiger partial charge in [-0.1, -0.05) is 23.2 Å². The van der Waals surface area contributed by atoms with Gasteiger partial charge in [0.2, 0.25) is 0 Å². The van der Waals surface area contributed by atoms with Crippen LogP contribution in [-0.2, 0) is 0 Å². The van der Waals surface area contributed by atoms with Gasteiger partial charge in [-0.2, -0.15) is 5.26 Å². The van der Waals surface area contributed by atoms with E-state index in [-0.39, 0.29) is 5.56 Å². The molecule has 9 heteroatoms. The highest BCUT2D eigenvalue weighted by atomic mass is 35.5. The van der Waals surface area contributed by atoms with Gasteiger partial charge in [-0.05, 0) is 49.0 Å². The summed E-state index contributed by atoms with van der Waals surface area (Å²) in [5, 5.41) is 14.6. The zero-order valence-electron chi connectivity index (χ0n) is 14.9. The molecular formula is C19H14Cl2N4O2S. The number of H-pyrrole nitrogens is 1. The highest BCUT2D eigenvalue weighted by Gasteiger charge is 2.12. The molecule has 0 radical (unpaired) electrons. The Hall–Kier alpha value is -2.66. The van der Waals surface area contributed by atoms with Gasteiger partial charge in [0.1, 0.15) is 11.2 Å². The summed E-state index contributed by atoms with van der Waals surface area (Å²) >= 11 is 13.2. The fraction of sp³-hybridized carbons (Fsp3) is 0.105. The number of aromatic amines is 1. The lowest BCUT2D eigenvalue weighted by molar-refractivity contribution is 0.414. The molecule has 0 bridgehead atoms. The third-order valence-electron chi connectivity index (χ3n) is 3.92. The maximum atomic E-state index is 12.8. The molecule has 1 N–H and O–H groups in total. The first kappa shape index (κ1) is 20.1. The van der Waals surface area contributed by atoms with Crippen LogP contribution in [-0.4, -0.2) is 23.1 Å². The van der Waals surface area contributed by atoms with Crippen LogP contribution in [0.2, 0.25) is 10.0 Å². The maximum absolute atomic E-state index is 12.8. The van der Waals surface area contributed by atoms with Gasteiger partial charge < -0.3 is 4.74 Å². The van der Waals surface area contributed by atoms with Crippen LogP contribution in [0.5, 0.6) is 5.75 Å². The van der Waals surface area contributed by atoms with Crippen LogP contribution in [0.4, 0.5) is 5.69 Å². The monoisotopic (exact) mass is 432 g/mol. The molecule has 0 atom stereocenters. The molecule has 2 aromatic carbocycles. The normalized spacial score (nSPS) is 11.0. The van der Waals surface area contributed by atoms with Crippen molar-refractivity contribution in [2.24, 2.45) is 4.99 Å². The number of nitrogens with zero attached hydrogens (tertiary/aromatic N) is 3. The Morgan fingerprint density at radius 3 is 2.71 bits per heavy atom. The molecule has 1 heterocycles. The molecule has 142 valence electrons. The zero-order valence-corrected chi connectivity index (χ0v) is 17.2. The van der Waals surface area contributed by atoms with Crippen LogP contribution in [0.3, 0.4) is 0 Å². The Kier molecular flexibility index (Phi) is 6.15. The first-order chi connectivity index (χ1) is 13.4. The maximum Gasteiger partial charge on any atom is 0.280 e. The molecular weight excluding hydrogens is 419 g/mol. The van der Waals surface area contributed by atoms with E-state index in [9.17, 15) is 4.79 Å². The number of methoxy groups -OCH3 is 1. The van der Waals surface area contributed by atoms with Crippen molar-refractivity contribution in [1.82, 2.24) is 9.78 Å². The minimum absolute atomic E-state index is 0.256. The average Bonchev–Trinajstić information content (AvgIpc) is 2.96. The highest BCUT2D eigenvalue weighted by molar-refractivity contribution is 8.03. The number of nitriles is 1. The summed E-state index contributed by atoms with van der Waals surface area (Å²) in [5.74, 6) is 0.471. The largest absolute Gasteiger partial charge is 0.495 e. The molecule has 0 saturated heterocycles. The minimum Gasteiger partial charge on any atom is -0.495 e. The van der Waals surface area contributed by atoms with Gasteiger partial charge in [0.25, 0.3) is 5.56 Å². The number of nitrogens with one attached hydrogen (secondary N) is 1. The van der Waals surface area contributed by atoms with Crippen molar-refractivity contribution in [3.63, 3.8) is 0 Å². The number of aryl methyl sites for hydroxylation is 1. The molecule has 0 saturated carbocycles. The summed E-state index contributed by atoms with van der Waals surface area (Å²) in [7, 11) is 1.51. The first-order valence-corrected chi connectivity index (χ1v) is 9.57. The number of halogens is 2. The number of thioether (sulfide) groups is 1. The van der Waals surface area contributed by atoms with Gasteiger partial charge in [-0.15, -0.1) is 0 Å². The third-order valence-corrected chi connectivity index (χ3v) is 5.33. The predicted octanol–water partition coefficient (Wildman–Crippen LogP) is 5.11. The zero-order chi connectivity index (χ0) is 20.3. The van der Waals surface area contributed by atoms with Crippen LogP contribution < -0.4 is 10.3 Å². The molecule has 0 amide bonds. The van der Waals surface area contributed by atoms with E-state index in [2.05, 4.69) is 10.1 Å². The fourth-order valence-electron chi connectivity index (χ4n) is 2.52. The van der Waals surface area contributed by atoms with Crippen molar-refractivity contribution in [2.75, 3.05) is 7.11 Å². The molecule has 0 unspecified atom stereocenters. The van der Waals surface area contributed by atoms with E-state index >= 15 is 0 Å². The molecule has 1 aromatic heterocycles. The molecule has 0 spiro atoms. The summed E-state index contributed by atoms with van der Waals surface area (Å²) in [4.78, 5) is 17.8. The second-order valence-corrected chi connectivity index (χ2v) is 7.32. The van der Waals surface area contributed by atoms with Crippen molar-refractivity contribution >= 4 is 46.9 Å². The van der Waals surface area contributed by atoms with Crippen molar-refractivity contribution in [2.45, 2.75) is 11.8 Å². The predicted molar refractivity (Wildman–Crippen MR) is 113 cm³/mol. The topological polar surface area (TPSA) is 83.2 Å². The summed E-state index contributed by atoms with van der Waals surface area (Å²) in [6.45, 7) is 1.78. The Labute approximate surface area is 175 Å². The van der Waals surface area contributed by atoms with Crippen LogP contribution in [0.15, 0.2) is 51.1 Å². The number of thiocyanates is 1. The minimum atomic E-state index is -0.256. The molecule has 0 aliphatic heterocycles. The quantitative estimate of drug-likeness (QED) is 0.344. The summed E-state index contributed by atoms with van der Waals surface area (Å²) in [6.07, 6.45) is 1.49. The van der Waals surface area contributed by atoms with E-state index in [1.54, 1.807) is 43.3 Å². The molecule has 6 nitrogen and oxygen atoms in total. The van der Waals surface area contributed by atoms with Crippen molar-refractivity contribution in [1.29, 1.82) is 5.26 Å².